The van der Waals surface area contributed by atoms with E-state index in [0.29, 0.717) is 30.1 Å². The minimum absolute atomic E-state index is 0.289. The summed E-state index contributed by atoms with van der Waals surface area (Å²) < 4.78 is 9.65. The lowest BCUT2D eigenvalue weighted by molar-refractivity contribution is 0.0159. The van der Waals surface area contributed by atoms with Crippen LogP contribution in [0.3, 0.4) is 0 Å². The molecule has 0 amide bonds. The van der Waals surface area contributed by atoms with Gasteiger partial charge in [0, 0.05) is 29.8 Å². The largest absolute Gasteiger partial charge is 0.357 e. The second kappa shape index (κ2) is 13.3. The first kappa shape index (κ1) is 30.0. The van der Waals surface area contributed by atoms with Crippen molar-refractivity contribution in [2.45, 2.75) is 59.7 Å². The van der Waals surface area contributed by atoms with Crippen LogP contribution < -0.4 is 0 Å². The van der Waals surface area contributed by atoms with Crippen LogP contribution in [0.2, 0.25) is 0 Å². The highest BCUT2D eigenvalue weighted by Crippen LogP contribution is 2.34. The average molecular weight is 600 g/mol. The third kappa shape index (κ3) is 5.91. The second-order valence-electron chi connectivity index (χ2n) is 11.1. The normalized spacial score (nSPS) is 12.1. The number of imidazole rings is 1. The minimum atomic E-state index is -0.289. The van der Waals surface area contributed by atoms with Crippen LogP contribution in [-0.2, 0) is 17.7 Å². The molecule has 0 saturated heterocycles. The zero-order chi connectivity index (χ0) is 31.3. The Morgan fingerprint density at radius 3 is 2.33 bits per heavy atom. The number of unbranched alkanes of at least 4 members (excludes halogenated alkanes) is 1. The van der Waals surface area contributed by atoms with Gasteiger partial charge in [-0.25, -0.2) is 9.97 Å². The Hall–Kier alpha value is -5.02. The fourth-order valence-corrected chi connectivity index (χ4v) is 5.92. The number of aldehydes is 1. The van der Waals surface area contributed by atoms with Crippen LogP contribution in [0, 0.1) is 6.92 Å². The van der Waals surface area contributed by atoms with E-state index >= 15 is 0 Å². The molecule has 9 nitrogen and oxygen atoms in total. The molecule has 0 aliphatic heterocycles. The van der Waals surface area contributed by atoms with Crippen molar-refractivity contribution >= 4 is 17.5 Å². The van der Waals surface area contributed by atoms with Gasteiger partial charge in [0.1, 0.15) is 11.3 Å². The van der Waals surface area contributed by atoms with Crippen LogP contribution in [0.25, 0.3) is 44.8 Å². The van der Waals surface area contributed by atoms with Crippen molar-refractivity contribution in [2.75, 3.05) is 6.61 Å². The van der Waals surface area contributed by atoms with Crippen LogP contribution in [0.4, 0.5) is 0 Å². The predicted molar refractivity (Wildman–Crippen MR) is 176 cm³/mol. The molecule has 45 heavy (non-hydrogen) atoms. The fraction of sp³-hybridized carbons (Fsp3) is 0.278. The Bertz CT molecular complexity index is 1930. The van der Waals surface area contributed by atoms with Crippen molar-refractivity contribution in [3.8, 4) is 33.6 Å². The molecule has 9 heteroatoms. The number of rotatable bonds is 12. The van der Waals surface area contributed by atoms with Gasteiger partial charge in [-0.15, -0.1) is 5.10 Å². The molecule has 0 fully saturated rings. The van der Waals surface area contributed by atoms with E-state index in [-0.39, 0.29) is 6.23 Å². The maximum absolute atomic E-state index is 12.5. The van der Waals surface area contributed by atoms with Crippen molar-refractivity contribution in [1.29, 1.82) is 0 Å². The summed E-state index contributed by atoms with van der Waals surface area (Å²) in [4.78, 5) is 22.6. The Labute approximate surface area is 262 Å². The maximum Gasteiger partial charge on any atom is 0.185 e. The van der Waals surface area contributed by atoms with Crippen molar-refractivity contribution in [3.05, 3.63) is 102 Å². The highest BCUT2D eigenvalue weighted by Gasteiger charge is 2.22. The molecule has 0 radical (unpaired) electrons. The number of tetrazole rings is 1. The van der Waals surface area contributed by atoms with Gasteiger partial charge in [0.05, 0.1) is 12.1 Å². The van der Waals surface area contributed by atoms with Crippen LogP contribution in [-0.4, -0.2) is 47.6 Å². The Morgan fingerprint density at radius 2 is 1.62 bits per heavy atom. The van der Waals surface area contributed by atoms with Crippen LogP contribution in [0.1, 0.15) is 67.3 Å². The first-order chi connectivity index (χ1) is 22.0. The summed E-state index contributed by atoms with van der Waals surface area (Å²) in [6, 6.07) is 26.6. The van der Waals surface area contributed by atoms with Gasteiger partial charge in [0.25, 0.3) is 0 Å². The third-order valence-corrected chi connectivity index (χ3v) is 8.13. The molecule has 0 saturated carbocycles. The molecular weight excluding hydrogens is 562 g/mol. The molecule has 1 unspecified atom stereocenters. The monoisotopic (exact) mass is 599 g/mol. The van der Waals surface area contributed by atoms with Crippen LogP contribution >= 0.6 is 0 Å². The van der Waals surface area contributed by atoms with Gasteiger partial charge in [-0.2, -0.15) is 4.68 Å². The molecule has 1 atom stereocenters. The lowest BCUT2D eigenvalue weighted by atomic mass is 9.98. The van der Waals surface area contributed by atoms with Gasteiger partial charge < -0.3 is 9.30 Å². The quantitative estimate of drug-likeness (QED) is 0.134. The van der Waals surface area contributed by atoms with Crippen molar-refractivity contribution in [3.63, 3.8) is 0 Å². The van der Waals surface area contributed by atoms with E-state index in [1.54, 1.807) is 4.68 Å². The van der Waals surface area contributed by atoms with Crippen molar-refractivity contribution in [2.24, 2.45) is 0 Å². The van der Waals surface area contributed by atoms with Crippen molar-refractivity contribution < 1.29 is 9.53 Å². The van der Waals surface area contributed by atoms with Gasteiger partial charge >= 0.3 is 0 Å². The molecule has 6 aromatic rings. The lowest BCUT2D eigenvalue weighted by Gasteiger charge is -2.15. The Morgan fingerprint density at radius 1 is 0.889 bits per heavy atom. The number of carbonyl (C=O) groups excluding carboxylic acids is 1. The Balaban J connectivity index is 1.37. The molecule has 228 valence electrons. The Kier molecular flexibility index (Phi) is 8.89. The summed E-state index contributed by atoms with van der Waals surface area (Å²) >= 11 is 0. The van der Waals surface area contributed by atoms with Gasteiger partial charge in [0.15, 0.2) is 24.0 Å². The first-order valence-corrected chi connectivity index (χ1v) is 15.5. The molecule has 3 heterocycles. The average Bonchev–Trinajstić information content (AvgIpc) is 3.69. The molecule has 0 aliphatic rings. The molecule has 3 aromatic heterocycles. The van der Waals surface area contributed by atoms with Crippen LogP contribution in [0.15, 0.2) is 78.9 Å². The number of carbonyl (C=O) groups is 1. The number of aryl methyl sites for hydroxylation is 2. The first-order valence-electron chi connectivity index (χ1n) is 15.5. The van der Waals surface area contributed by atoms with E-state index in [9.17, 15) is 4.79 Å². The lowest BCUT2D eigenvalue weighted by Crippen LogP contribution is -2.12. The summed E-state index contributed by atoms with van der Waals surface area (Å²) in [5.74, 6) is 1.60. The molecule has 0 N–H and O–H groups in total. The summed E-state index contributed by atoms with van der Waals surface area (Å²) in [6.45, 7) is 9.19. The summed E-state index contributed by atoms with van der Waals surface area (Å²) in [7, 11) is 0. The highest BCUT2D eigenvalue weighted by atomic mass is 16.5. The van der Waals surface area contributed by atoms with E-state index in [1.165, 1.54) is 0 Å². The van der Waals surface area contributed by atoms with Gasteiger partial charge in [-0.1, -0.05) is 92.2 Å². The van der Waals surface area contributed by atoms with Crippen molar-refractivity contribution in [1.82, 2.24) is 34.7 Å². The molecule has 0 bridgehead atoms. The number of ether oxygens (including phenoxy) is 1. The zero-order valence-corrected chi connectivity index (χ0v) is 26.1. The summed E-state index contributed by atoms with van der Waals surface area (Å²) in [6.07, 6.45) is 3.50. The molecule has 6 rings (SSSR count). The third-order valence-electron chi connectivity index (χ3n) is 8.13. The molecular formula is C36H37N7O2. The molecule has 0 aliphatic carbocycles. The zero-order valence-electron chi connectivity index (χ0n) is 26.1. The maximum atomic E-state index is 12.5. The summed E-state index contributed by atoms with van der Waals surface area (Å²) in [5.41, 5.74) is 8.74. The summed E-state index contributed by atoms with van der Waals surface area (Å²) in [5, 5.41) is 12.5. The SMILES string of the molecule is CCCCc1nc2c(C=O)c(-c3ccccc3)c(C)nc2n1Cc1ccc(-c2ccccc2-c2nnnn2C(C)OCC)cc1. The van der Waals surface area contributed by atoms with E-state index < -0.39 is 0 Å². The number of hydrogen-bond donors (Lipinski definition) is 0. The predicted octanol–water partition coefficient (Wildman–Crippen LogP) is 7.49. The van der Waals surface area contributed by atoms with E-state index in [1.807, 2.05) is 69.3 Å². The number of pyridine rings is 1. The van der Waals surface area contributed by atoms with Gasteiger partial charge in [-0.05, 0) is 59.9 Å². The van der Waals surface area contributed by atoms with E-state index in [2.05, 4.69) is 57.3 Å². The van der Waals surface area contributed by atoms with E-state index in [0.717, 1.165) is 76.1 Å². The number of fused-ring (bicyclic) bond motifs is 1. The van der Waals surface area contributed by atoms with Gasteiger partial charge in [0.2, 0.25) is 0 Å². The highest BCUT2D eigenvalue weighted by molar-refractivity contribution is 6.01. The number of nitrogens with zero attached hydrogens (tertiary/aromatic N) is 7. The topological polar surface area (TPSA) is 101 Å². The molecule has 0 spiro atoms. The fourth-order valence-electron chi connectivity index (χ4n) is 5.92. The number of benzene rings is 3. The second-order valence-corrected chi connectivity index (χ2v) is 11.1. The number of hydrogen-bond acceptors (Lipinski definition) is 7. The smallest absolute Gasteiger partial charge is 0.185 e. The number of aromatic nitrogens is 7. The van der Waals surface area contributed by atoms with Crippen LogP contribution in [0.5, 0.6) is 0 Å². The molecule has 3 aromatic carbocycles. The van der Waals surface area contributed by atoms with E-state index in [4.69, 9.17) is 14.7 Å². The van der Waals surface area contributed by atoms with Gasteiger partial charge in [-0.3, -0.25) is 4.79 Å². The standard InChI is InChI=1S/C36H37N7O2/c1-5-7-17-32-38-34-31(23-44)33(28-13-9-8-10-14-28)24(3)37-36(34)42(32)22-26-18-20-27(21-19-26)29-15-11-12-16-30(29)35-39-40-41-43(35)25(4)45-6-2/h8-16,18-21,23,25H,5-7,17,22H2,1-4H3. The minimum Gasteiger partial charge on any atom is -0.357 e.